The molecule has 0 aliphatic carbocycles. The Morgan fingerprint density at radius 1 is 1.00 bits per heavy atom. The molecule has 2 aliphatic rings. The lowest BCUT2D eigenvalue weighted by atomic mass is 10.0. The Hall–Kier alpha value is -2.12. The van der Waals surface area contributed by atoms with Crippen LogP contribution in [0.2, 0.25) is 0 Å². The number of amides is 1. The minimum Gasteiger partial charge on any atom is -0.493 e. The molecule has 1 amide bonds. The van der Waals surface area contributed by atoms with Crippen LogP contribution in [-0.4, -0.2) is 67.1 Å². The van der Waals surface area contributed by atoms with Crippen molar-refractivity contribution in [3.63, 3.8) is 0 Å². The van der Waals surface area contributed by atoms with E-state index in [0.717, 1.165) is 47.1 Å². The first-order valence-corrected chi connectivity index (χ1v) is 12.2. The topological polar surface area (TPSA) is 54.9 Å². The van der Waals surface area contributed by atoms with Crippen molar-refractivity contribution in [1.29, 1.82) is 0 Å². The maximum absolute atomic E-state index is 13.3. The average molecular weight is 444 g/mol. The van der Waals surface area contributed by atoms with Gasteiger partial charge in [-0.05, 0) is 63.9 Å². The first kappa shape index (κ1) is 22.1. The summed E-state index contributed by atoms with van der Waals surface area (Å²) in [6, 6.07) is 6.38. The van der Waals surface area contributed by atoms with Crippen molar-refractivity contribution in [3.8, 4) is 22.1 Å². The van der Waals surface area contributed by atoms with E-state index >= 15 is 0 Å². The number of ether oxygens (including phenoxy) is 2. The molecule has 2 aromatic rings. The molecule has 0 unspecified atom stereocenters. The highest BCUT2D eigenvalue weighted by Crippen LogP contribution is 2.35. The first-order valence-electron chi connectivity index (χ1n) is 11.3. The van der Waals surface area contributed by atoms with Gasteiger partial charge >= 0.3 is 0 Å². The quantitative estimate of drug-likeness (QED) is 0.675. The predicted octanol–water partition coefficient (Wildman–Crippen LogP) is 4.62. The van der Waals surface area contributed by atoms with Crippen LogP contribution in [0.3, 0.4) is 0 Å². The van der Waals surface area contributed by atoms with E-state index < -0.39 is 0 Å². The molecule has 3 heterocycles. The SMILES string of the molecule is COc1ccc(-c2nc(C)c(C(=O)N3CCC(N4CCCCCC4)CC3)s2)cc1OC. The van der Waals surface area contributed by atoms with E-state index in [9.17, 15) is 4.79 Å². The van der Waals surface area contributed by atoms with Crippen molar-refractivity contribution in [2.75, 3.05) is 40.4 Å². The molecule has 31 heavy (non-hydrogen) atoms. The van der Waals surface area contributed by atoms with Crippen molar-refractivity contribution < 1.29 is 14.3 Å². The van der Waals surface area contributed by atoms with Gasteiger partial charge in [-0.25, -0.2) is 4.98 Å². The minimum absolute atomic E-state index is 0.121. The largest absolute Gasteiger partial charge is 0.493 e. The van der Waals surface area contributed by atoms with Gasteiger partial charge in [-0.2, -0.15) is 0 Å². The molecule has 0 N–H and O–H groups in total. The number of carbonyl (C=O) groups excluding carboxylic acids is 1. The molecule has 0 atom stereocenters. The highest BCUT2D eigenvalue weighted by Gasteiger charge is 2.29. The first-order chi connectivity index (χ1) is 15.1. The standard InChI is InChI=1S/C24H33N3O3S/c1-17-22(31-23(25-17)18-8-9-20(29-2)21(16-18)30-3)24(28)27-14-10-19(11-15-27)26-12-6-4-5-7-13-26/h8-9,16,19H,4-7,10-15H2,1-3H3. The fourth-order valence-corrected chi connectivity index (χ4v) is 5.76. The number of hydrogen-bond acceptors (Lipinski definition) is 6. The molecule has 168 valence electrons. The van der Waals surface area contributed by atoms with E-state index in [4.69, 9.17) is 14.5 Å². The van der Waals surface area contributed by atoms with Crippen molar-refractivity contribution in [3.05, 3.63) is 28.8 Å². The molecule has 0 bridgehead atoms. The maximum Gasteiger partial charge on any atom is 0.265 e. The van der Waals surface area contributed by atoms with Crippen LogP contribution in [0.5, 0.6) is 11.5 Å². The number of aromatic nitrogens is 1. The van der Waals surface area contributed by atoms with Gasteiger partial charge in [-0.3, -0.25) is 4.79 Å². The van der Waals surface area contributed by atoms with E-state index in [1.165, 1.54) is 50.1 Å². The molecule has 2 fully saturated rings. The molecule has 1 aromatic heterocycles. The van der Waals surface area contributed by atoms with Crippen molar-refractivity contribution in [2.24, 2.45) is 0 Å². The smallest absolute Gasteiger partial charge is 0.265 e. The lowest BCUT2D eigenvalue weighted by Crippen LogP contribution is -2.47. The van der Waals surface area contributed by atoms with E-state index in [1.807, 2.05) is 30.0 Å². The van der Waals surface area contributed by atoms with Crippen LogP contribution in [0.15, 0.2) is 18.2 Å². The molecule has 4 rings (SSSR count). The molecule has 0 radical (unpaired) electrons. The highest BCUT2D eigenvalue weighted by atomic mass is 32.1. The summed E-state index contributed by atoms with van der Waals surface area (Å²) in [7, 11) is 3.25. The number of aryl methyl sites for hydroxylation is 1. The molecule has 2 saturated heterocycles. The number of piperidine rings is 1. The van der Waals surface area contributed by atoms with Gasteiger partial charge in [0.25, 0.3) is 5.91 Å². The fraction of sp³-hybridized carbons (Fsp3) is 0.583. The van der Waals surface area contributed by atoms with Crippen LogP contribution in [0.25, 0.3) is 10.6 Å². The van der Waals surface area contributed by atoms with Crippen LogP contribution < -0.4 is 9.47 Å². The number of methoxy groups -OCH3 is 2. The van der Waals surface area contributed by atoms with Gasteiger partial charge in [0.1, 0.15) is 9.88 Å². The van der Waals surface area contributed by atoms with Crippen LogP contribution >= 0.6 is 11.3 Å². The Morgan fingerprint density at radius 3 is 2.32 bits per heavy atom. The summed E-state index contributed by atoms with van der Waals surface area (Å²) < 4.78 is 10.7. The molecule has 2 aliphatic heterocycles. The normalized spacial score (nSPS) is 18.6. The second-order valence-electron chi connectivity index (χ2n) is 8.48. The van der Waals surface area contributed by atoms with Gasteiger partial charge in [0.15, 0.2) is 11.5 Å². The zero-order chi connectivity index (χ0) is 21.8. The molecular formula is C24H33N3O3S. The monoisotopic (exact) mass is 443 g/mol. The number of rotatable bonds is 5. The molecular weight excluding hydrogens is 410 g/mol. The third-order valence-electron chi connectivity index (χ3n) is 6.53. The number of hydrogen-bond donors (Lipinski definition) is 0. The highest BCUT2D eigenvalue weighted by molar-refractivity contribution is 7.17. The fourth-order valence-electron chi connectivity index (χ4n) is 4.73. The minimum atomic E-state index is 0.121. The lowest BCUT2D eigenvalue weighted by Gasteiger charge is -2.38. The van der Waals surface area contributed by atoms with Gasteiger partial charge in [0.05, 0.1) is 19.9 Å². The summed E-state index contributed by atoms with van der Waals surface area (Å²) in [5.41, 5.74) is 1.74. The predicted molar refractivity (Wildman–Crippen MR) is 124 cm³/mol. The number of likely N-dealkylation sites (tertiary alicyclic amines) is 2. The summed E-state index contributed by atoms with van der Waals surface area (Å²) in [5, 5.41) is 0.834. The van der Waals surface area contributed by atoms with Gasteiger partial charge in [0, 0.05) is 24.7 Å². The van der Waals surface area contributed by atoms with E-state index in [-0.39, 0.29) is 5.91 Å². The third-order valence-corrected chi connectivity index (χ3v) is 7.72. The number of carbonyl (C=O) groups is 1. The molecule has 6 nitrogen and oxygen atoms in total. The number of nitrogens with zero attached hydrogens (tertiary/aromatic N) is 3. The maximum atomic E-state index is 13.3. The Morgan fingerprint density at radius 2 is 1.68 bits per heavy atom. The number of benzene rings is 1. The third kappa shape index (κ3) is 4.88. The van der Waals surface area contributed by atoms with Gasteiger partial charge in [-0.1, -0.05) is 12.8 Å². The van der Waals surface area contributed by atoms with E-state index in [1.54, 1.807) is 14.2 Å². The van der Waals surface area contributed by atoms with E-state index in [0.29, 0.717) is 17.5 Å². The summed E-state index contributed by atoms with van der Waals surface area (Å²) in [6.07, 6.45) is 7.51. The lowest BCUT2D eigenvalue weighted by molar-refractivity contribution is 0.0626. The molecule has 7 heteroatoms. The summed E-state index contributed by atoms with van der Waals surface area (Å²) in [6.45, 7) is 6.05. The Balaban J connectivity index is 1.43. The molecule has 1 aromatic carbocycles. The van der Waals surface area contributed by atoms with E-state index in [2.05, 4.69) is 4.90 Å². The Labute approximate surface area is 189 Å². The second-order valence-corrected chi connectivity index (χ2v) is 9.48. The molecule has 0 saturated carbocycles. The Bertz CT molecular complexity index is 897. The van der Waals surface area contributed by atoms with Crippen LogP contribution in [0, 0.1) is 6.92 Å². The van der Waals surface area contributed by atoms with Crippen molar-refractivity contribution >= 4 is 17.2 Å². The average Bonchev–Trinajstić information content (AvgIpc) is 3.01. The summed E-state index contributed by atoms with van der Waals surface area (Å²) in [4.78, 5) is 23.4. The van der Waals surface area contributed by atoms with Crippen LogP contribution in [0.1, 0.15) is 53.9 Å². The second kappa shape index (κ2) is 10.0. The van der Waals surface area contributed by atoms with Crippen molar-refractivity contribution in [1.82, 2.24) is 14.8 Å². The van der Waals surface area contributed by atoms with Gasteiger partial charge in [-0.15, -0.1) is 11.3 Å². The zero-order valence-electron chi connectivity index (χ0n) is 18.9. The summed E-state index contributed by atoms with van der Waals surface area (Å²) in [5.74, 6) is 1.47. The molecule has 0 spiro atoms. The zero-order valence-corrected chi connectivity index (χ0v) is 19.7. The van der Waals surface area contributed by atoms with Crippen molar-refractivity contribution in [2.45, 2.75) is 51.5 Å². The van der Waals surface area contributed by atoms with Gasteiger partial charge in [0.2, 0.25) is 0 Å². The number of thiazole rings is 1. The Kier molecular flexibility index (Phi) is 7.13. The van der Waals surface area contributed by atoms with Crippen LogP contribution in [-0.2, 0) is 0 Å². The van der Waals surface area contributed by atoms with Gasteiger partial charge < -0.3 is 19.3 Å². The summed E-state index contributed by atoms with van der Waals surface area (Å²) >= 11 is 1.47. The van der Waals surface area contributed by atoms with Crippen LogP contribution in [0.4, 0.5) is 0 Å².